The van der Waals surface area contributed by atoms with Gasteiger partial charge in [-0.3, -0.25) is 9.59 Å². The van der Waals surface area contributed by atoms with E-state index in [2.05, 4.69) is 20.3 Å². The van der Waals surface area contributed by atoms with Crippen molar-refractivity contribution >= 4 is 49.0 Å². The Hall–Kier alpha value is -2.58. The zero-order valence-electron chi connectivity index (χ0n) is 14.6. The number of hydrogen-bond acceptors (Lipinski definition) is 6. The summed E-state index contributed by atoms with van der Waals surface area (Å²) in [5.74, 6) is -0.310. The largest absolute Gasteiger partial charge is 0.345 e. The van der Waals surface area contributed by atoms with E-state index in [0.717, 1.165) is 45.6 Å². The highest BCUT2D eigenvalue weighted by molar-refractivity contribution is 7.19. The fourth-order valence-corrected chi connectivity index (χ4v) is 5.64. The molecular formula is C19H16N4O2S2. The first-order chi connectivity index (χ1) is 13.1. The molecule has 1 aliphatic carbocycles. The topological polar surface area (TPSA) is 87.7 Å². The van der Waals surface area contributed by atoms with Gasteiger partial charge in [0.1, 0.15) is 4.83 Å². The molecule has 0 radical (unpaired) electrons. The second-order valence-electron chi connectivity index (χ2n) is 6.67. The van der Waals surface area contributed by atoms with Crippen molar-refractivity contribution in [1.29, 1.82) is 0 Å². The Morgan fingerprint density at radius 3 is 3.04 bits per heavy atom. The monoisotopic (exact) mass is 396 g/mol. The van der Waals surface area contributed by atoms with Gasteiger partial charge in [-0.1, -0.05) is 6.07 Å². The number of hydrogen-bond donors (Lipinski definition) is 2. The lowest BCUT2D eigenvalue weighted by Crippen LogP contribution is -2.27. The highest BCUT2D eigenvalue weighted by Gasteiger charge is 2.22. The molecule has 1 aliphatic rings. The number of carbonyl (C=O) groups excluding carboxylic acids is 1. The van der Waals surface area contributed by atoms with E-state index in [1.165, 1.54) is 16.2 Å². The molecule has 27 heavy (non-hydrogen) atoms. The first-order valence-corrected chi connectivity index (χ1v) is 10.4. The SMILES string of the molecule is Cc1nc2cc(CNC(=O)c3nc4sc5c(c4c(=O)[nH]3)CCC5)ccc2s1. The van der Waals surface area contributed by atoms with Gasteiger partial charge in [-0.05, 0) is 49.4 Å². The number of thiazole rings is 1. The summed E-state index contributed by atoms with van der Waals surface area (Å²) in [6.45, 7) is 2.33. The molecule has 0 fully saturated rings. The van der Waals surface area contributed by atoms with Crippen LogP contribution in [0.3, 0.4) is 0 Å². The lowest BCUT2D eigenvalue weighted by molar-refractivity contribution is 0.0940. The minimum absolute atomic E-state index is 0.0676. The van der Waals surface area contributed by atoms with E-state index in [1.807, 2.05) is 25.1 Å². The van der Waals surface area contributed by atoms with Crippen LogP contribution in [-0.2, 0) is 19.4 Å². The Balaban J connectivity index is 1.39. The van der Waals surface area contributed by atoms with Crippen molar-refractivity contribution in [2.45, 2.75) is 32.7 Å². The zero-order valence-corrected chi connectivity index (χ0v) is 16.2. The van der Waals surface area contributed by atoms with Gasteiger partial charge in [-0.2, -0.15) is 0 Å². The molecule has 8 heteroatoms. The summed E-state index contributed by atoms with van der Waals surface area (Å²) in [6, 6.07) is 5.96. The van der Waals surface area contributed by atoms with Crippen molar-refractivity contribution < 1.29 is 4.79 Å². The van der Waals surface area contributed by atoms with Crippen molar-refractivity contribution in [3.63, 3.8) is 0 Å². The summed E-state index contributed by atoms with van der Waals surface area (Å²) in [5, 5.41) is 4.51. The van der Waals surface area contributed by atoms with Crippen LogP contribution in [0.1, 0.15) is 38.1 Å². The van der Waals surface area contributed by atoms with Gasteiger partial charge < -0.3 is 10.3 Å². The number of H-pyrrole nitrogens is 1. The van der Waals surface area contributed by atoms with Gasteiger partial charge in [0.05, 0.1) is 20.6 Å². The van der Waals surface area contributed by atoms with E-state index in [9.17, 15) is 9.59 Å². The molecule has 0 aliphatic heterocycles. The van der Waals surface area contributed by atoms with Crippen molar-refractivity contribution in [2.75, 3.05) is 0 Å². The van der Waals surface area contributed by atoms with Crippen molar-refractivity contribution in [3.8, 4) is 0 Å². The second-order valence-corrected chi connectivity index (χ2v) is 8.99. The summed E-state index contributed by atoms with van der Waals surface area (Å²) in [7, 11) is 0. The van der Waals surface area contributed by atoms with Crippen LogP contribution in [0.25, 0.3) is 20.4 Å². The molecule has 0 atom stereocenters. The fraction of sp³-hybridized carbons (Fsp3) is 0.263. The molecule has 1 aromatic carbocycles. The van der Waals surface area contributed by atoms with E-state index >= 15 is 0 Å². The van der Waals surface area contributed by atoms with Gasteiger partial charge in [-0.25, -0.2) is 9.97 Å². The van der Waals surface area contributed by atoms with Gasteiger partial charge in [0.15, 0.2) is 0 Å². The fourth-order valence-electron chi connectivity index (χ4n) is 3.57. The van der Waals surface area contributed by atoms with Crippen LogP contribution in [0.2, 0.25) is 0 Å². The van der Waals surface area contributed by atoms with E-state index in [0.29, 0.717) is 16.8 Å². The van der Waals surface area contributed by atoms with Crippen molar-refractivity contribution in [1.82, 2.24) is 20.3 Å². The average Bonchev–Trinajstić information content (AvgIpc) is 3.31. The minimum atomic E-state index is -0.378. The number of carbonyl (C=O) groups is 1. The Morgan fingerprint density at radius 1 is 1.26 bits per heavy atom. The third kappa shape index (κ3) is 2.85. The molecule has 0 saturated carbocycles. The molecule has 0 saturated heterocycles. The van der Waals surface area contributed by atoms with Gasteiger partial charge in [0.2, 0.25) is 5.82 Å². The highest BCUT2D eigenvalue weighted by atomic mass is 32.1. The van der Waals surface area contributed by atoms with E-state index in [1.54, 1.807) is 11.3 Å². The Morgan fingerprint density at radius 2 is 2.15 bits per heavy atom. The number of amides is 1. The van der Waals surface area contributed by atoms with Crippen LogP contribution < -0.4 is 10.9 Å². The Labute approximate surface area is 162 Å². The molecule has 3 aromatic heterocycles. The van der Waals surface area contributed by atoms with Crippen molar-refractivity contribution in [2.24, 2.45) is 0 Å². The molecule has 5 rings (SSSR count). The van der Waals surface area contributed by atoms with Crippen LogP contribution >= 0.6 is 22.7 Å². The lowest BCUT2D eigenvalue weighted by Gasteiger charge is -2.05. The quantitative estimate of drug-likeness (QED) is 0.556. The van der Waals surface area contributed by atoms with Crippen LogP contribution in [0.4, 0.5) is 0 Å². The standard InChI is InChI=1S/C19H16N4O2S2/c1-9-21-12-7-10(5-6-14(12)26-9)8-20-18(25)16-22-17(24)15-11-3-2-4-13(11)27-19(15)23-16/h5-7H,2-4,8H2,1H3,(H,20,25)(H,22,23,24). The normalized spacial score (nSPS) is 13.4. The number of benzene rings is 1. The van der Waals surface area contributed by atoms with Crippen LogP contribution in [0.15, 0.2) is 23.0 Å². The summed E-state index contributed by atoms with van der Waals surface area (Å²) in [6.07, 6.45) is 3.00. The molecule has 1 amide bonds. The zero-order chi connectivity index (χ0) is 18.5. The molecule has 6 nitrogen and oxygen atoms in total. The second kappa shape index (κ2) is 6.24. The summed E-state index contributed by atoms with van der Waals surface area (Å²) in [5.41, 5.74) is 2.79. The molecular weight excluding hydrogens is 380 g/mol. The molecule has 0 spiro atoms. The Kier molecular flexibility index (Phi) is 3.84. The van der Waals surface area contributed by atoms with E-state index in [4.69, 9.17) is 0 Å². The van der Waals surface area contributed by atoms with Gasteiger partial charge >= 0.3 is 0 Å². The number of aryl methyl sites for hydroxylation is 3. The van der Waals surface area contributed by atoms with Crippen LogP contribution in [0, 0.1) is 6.92 Å². The number of fused-ring (bicyclic) bond motifs is 4. The smallest absolute Gasteiger partial charge is 0.287 e. The number of aromatic nitrogens is 3. The van der Waals surface area contributed by atoms with E-state index in [-0.39, 0.29) is 17.3 Å². The summed E-state index contributed by atoms with van der Waals surface area (Å²) in [4.78, 5) is 38.4. The Bertz CT molecular complexity index is 1270. The van der Waals surface area contributed by atoms with Crippen LogP contribution in [-0.4, -0.2) is 20.9 Å². The predicted octanol–water partition coefficient (Wildman–Crippen LogP) is 3.32. The molecule has 0 bridgehead atoms. The molecule has 2 N–H and O–H groups in total. The number of nitrogens with zero attached hydrogens (tertiary/aromatic N) is 2. The number of aromatic amines is 1. The first-order valence-electron chi connectivity index (χ1n) is 8.77. The van der Waals surface area contributed by atoms with E-state index < -0.39 is 0 Å². The summed E-state index contributed by atoms with van der Waals surface area (Å²) >= 11 is 3.18. The molecule has 0 unspecified atom stereocenters. The molecule has 136 valence electrons. The number of thiophene rings is 1. The van der Waals surface area contributed by atoms with Crippen molar-refractivity contribution in [3.05, 3.63) is 55.4 Å². The average molecular weight is 396 g/mol. The minimum Gasteiger partial charge on any atom is -0.345 e. The summed E-state index contributed by atoms with van der Waals surface area (Å²) < 4.78 is 1.13. The third-order valence-electron chi connectivity index (χ3n) is 4.80. The van der Waals surface area contributed by atoms with Crippen LogP contribution in [0.5, 0.6) is 0 Å². The molecule has 4 aromatic rings. The van der Waals surface area contributed by atoms with Gasteiger partial charge in [0, 0.05) is 11.4 Å². The highest BCUT2D eigenvalue weighted by Crippen LogP contribution is 2.34. The number of rotatable bonds is 3. The third-order valence-corrected chi connectivity index (χ3v) is 6.94. The lowest BCUT2D eigenvalue weighted by atomic mass is 10.2. The maximum absolute atomic E-state index is 12.5. The first kappa shape index (κ1) is 16.6. The predicted molar refractivity (Wildman–Crippen MR) is 108 cm³/mol. The molecule has 3 heterocycles. The maximum atomic E-state index is 12.5. The van der Waals surface area contributed by atoms with Gasteiger partial charge in [0.25, 0.3) is 11.5 Å². The van der Waals surface area contributed by atoms with Gasteiger partial charge in [-0.15, -0.1) is 22.7 Å². The maximum Gasteiger partial charge on any atom is 0.287 e. The number of nitrogens with one attached hydrogen (secondary N) is 2.